The smallest absolute Gasteiger partial charge is 0.123 e. The summed E-state index contributed by atoms with van der Waals surface area (Å²) in [5.41, 5.74) is 1.66. The number of nitrogens with zero attached hydrogens (tertiary/aromatic N) is 1. The molecule has 0 atom stereocenters. The maximum Gasteiger partial charge on any atom is 0.123 e. The highest BCUT2D eigenvalue weighted by Gasteiger charge is 2.03. The second-order valence-electron chi connectivity index (χ2n) is 4.45. The number of benzene rings is 1. The highest BCUT2D eigenvalue weighted by molar-refractivity contribution is 5.41. The van der Waals surface area contributed by atoms with Gasteiger partial charge in [0, 0.05) is 18.7 Å². The molecule has 0 unspecified atom stereocenters. The minimum absolute atomic E-state index is 0.283. The number of ether oxygens (including phenoxy) is 1. The minimum atomic E-state index is 0.283. The first kappa shape index (κ1) is 15.5. The number of nitriles is 1. The molecule has 0 amide bonds. The van der Waals surface area contributed by atoms with E-state index >= 15 is 0 Å². The first-order chi connectivity index (χ1) is 9.31. The second kappa shape index (κ2) is 9.37. The largest absolute Gasteiger partial charge is 0.496 e. The van der Waals surface area contributed by atoms with Gasteiger partial charge in [-0.05, 0) is 37.6 Å². The van der Waals surface area contributed by atoms with Crippen LogP contribution >= 0.6 is 0 Å². The molecular weight excluding hydrogens is 240 g/mol. The van der Waals surface area contributed by atoms with Crippen molar-refractivity contribution in [2.24, 2.45) is 0 Å². The molecule has 0 heterocycles. The fourth-order valence-electron chi connectivity index (χ4n) is 1.92. The number of nitrogens with one attached hydrogen (secondary N) is 1. The van der Waals surface area contributed by atoms with Gasteiger partial charge in [-0.2, -0.15) is 5.26 Å². The van der Waals surface area contributed by atoms with Crippen LogP contribution in [0, 0.1) is 11.3 Å². The van der Waals surface area contributed by atoms with Crippen molar-refractivity contribution in [3.63, 3.8) is 0 Å². The van der Waals surface area contributed by atoms with Crippen LogP contribution in [0.4, 0.5) is 0 Å². The molecule has 2 N–H and O–H groups in total. The summed E-state index contributed by atoms with van der Waals surface area (Å²) in [5.74, 6) is 0.812. The van der Waals surface area contributed by atoms with Crippen LogP contribution in [0.15, 0.2) is 18.2 Å². The number of aliphatic hydroxyl groups excluding tert-OH is 1. The molecule has 0 aliphatic carbocycles. The van der Waals surface area contributed by atoms with Gasteiger partial charge in [-0.25, -0.2) is 0 Å². The van der Waals surface area contributed by atoms with Crippen molar-refractivity contribution in [2.45, 2.75) is 32.2 Å². The third-order valence-corrected chi connectivity index (χ3v) is 2.99. The Bertz CT molecular complexity index is 413. The standard InChI is InChI=1S/C15H22N2O2/c1-19-15-7-6-13(11-16)10-14(15)12-17-8-4-2-3-5-9-18/h6-7,10,17-18H,2-5,8-9,12H2,1H3. The zero-order valence-electron chi connectivity index (χ0n) is 11.5. The van der Waals surface area contributed by atoms with Gasteiger partial charge in [0.15, 0.2) is 0 Å². The summed E-state index contributed by atoms with van der Waals surface area (Å²) in [6, 6.07) is 7.59. The molecule has 0 radical (unpaired) electrons. The van der Waals surface area contributed by atoms with E-state index in [-0.39, 0.29) is 6.61 Å². The quantitative estimate of drug-likeness (QED) is 0.670. The molecule has 0 fully saturated rings. The highest BCUT2D eigenvalue weighted by Crippen LogP contribution is 2.19. The fourth-order valence-corrected chi connectivity index (χ4v) is 1.92. The molecule has 1 aromatic carbocycles. The van der Waals surface area contributed by atoms with Gasteiger partial charge in [0.25, 0.3) is 0 Å². The third-order valence-electron chi connectivity index (χ3n) is 2.99. The fraction of sp³-hybridized carbons (Fsp3) is 0.533. The van der Waals surface area contributed by atoms with Gasteiger partial charge in [-0.1, -0.05) is 12.8 Å². The van der Waals surface area contributed by atoms with E-state index in [2.05, 4.69) is 11.4 Å². The minimum Gasteiger partial charge on any atom is -0.496 e. The summed E-state index contributed by atoms with van der Waals surface area (Å²) < 4.78 is 5.28. The number of methoxy groups -OCH3 is 1. The number of unbranched alkanes of at least 4 members (excludes halogenated alkanes) is 3. The van der Waals surface area contributed by atoms with Crippen molar-refractivity contribution in [3.05, 3.63) is 29.3 Å². The van der Waals surface area contributed by atoms with Gasteiger partial charge >= 0.3 is 0 Å². The predicted molar refractivity (Wildman–Crippen MR) is 75.0 cm³/mol. The lowest BCUT2D eigenvalue weighted by atomic mass is 10.1. The van der Waals surface area contributed by atoms with E-state index in [1.54, 1.807) is 13.2 Å². The van der Waals surface area contributed by atoms with Crippen LogP contribution in [0.1, 0.15) is 36.8 Å². The summed E-state index contributed by atoms with van der Waals surface area (Å²) in [4.78, 5) is 0. The van der Waals surface area contributed by atoms with Crippen molar-refractivity contribution >= 4 is 0 Å². The van der Waals surface area contributed by atoms with Gasteiger partial charge in [-0.3, -0.25) is 0 Å². The summed E-state index contributed by atoms with van der Waals surface area (Å²) in [6.07, 6.45) is 4.19. The zero-order valence-corrected chi connectivity index (χ0v) is 11.5. The first-order valence-electron chi connectivity index (χ1n) is 6.70. The zero-order chi connectivity index (χ0) is 13.9. The lowest BCUT2D eigenvalue weighted by molar-refractivity contribution is 0.282. The molecule has 0 aliphatic heterocycles. The van der Waals surface area contributed by atoms with Crippen molar-refractivity contribution in [1.82, 2.24) is 5.32 Å². The molecular formula is C15H22N2O2. The lowest BCUT2D eigenvalue weighted by Crippen LogP contribution is -2.15. The Labute approximate surface area is 115 Å². The molecule has 0 spiro atoms. The van der Waals surface area contributed by atoms with Gasteiger partial charge in [-0.15, -0.1) is 0 Å². The molecule has 0 bridgehead atoms. The second-order valence-corrected chi connectivity index (χ2v) is 4.45. The van der Waals surface area contributed by atoms with Crippen LogP contribution in [0.3, 0.4) is 0 Å². The van der Waals surface area contributed by atoms with Gasteiger partial charge in [0.05, 0.1) is 18.7 Å². The Morgan fingerprint density at radius 1 is 1.26 bits per heavy atom. The van der Waals surface area contributed by atoms with E-state index in [1.807, 2.05) is 12.1 Å². The van der Waals surface area contributed by atoms with E-state index < -0.39 is 0 Å². The van der Waals surface area contributed by atoms with E-state index in [9.17, 15) is 0 Å². The van der Waals surface area contributed by atoms with E-state index in [1.165, 1.54) is 0 Å². The van der Waals surface area contributed by atoms with Crippen LogP contribution < -0.4 is 10.1 Å². The van der Waals surface area contributed by atoms with Crippen LogP contribution in [-0.4, -0.2) is 25.4 Å². The topological polar surface area (TPSA) is 65.3 Å². The average Bonchev–Trinajstić information content (AvgIpc) is 2.46. The first-order valence-corrected chi connectivity index (χ1v) is 6.70. The van der Waals surface area contributed by atoms with Crippen LogP contribution in [-0.2, 0) is 6.54 Å². The van der Waals surface area contributed by atoms with E-state index in [4.69, 9.17) is 15.1 Å². The lowest BCUT2D eigenvalue weighted by Gasteiger charge is -2.10. The van der Waals surface area contributed by atoms with Crippen LogP contribution in [0.25, 0.3) is 0 Å². The molecule has 4 heteroatoms. The van der Waals surface area contributed by atoms with Gasteiger partial charge in [0.1, 0.15) is 5.75 Å². The molecule has 104 valence electrons. The molecule has 1 aromatic rings. The summed E-state index contributed by atoms with van der Waals surface area (Å²) in [7, 11) is 1.64. The Balaban J connectivity index is 2.34. The number of hydrogen-bond donors (Lipinski definition) is 2. The van der Waals surface area contributed by atoms with Crippen molar-refractivity contribution in [3.8, 4) is 11.8 Å². The number of hydrogen-bond acceptors (Lipinski definition) is 4. The normalized spacial score (nSPS) is 10.2. The Morgan fingerprint density at radius 3 is 2.74 bits per heavy atom. The maximum atomic E-state index is 8.89. The van der Waals surface area contributed by atoms with E-state index in [0.29, 0.717) is 12.1 Å². The van der Waals surface area contributed by atoms with Gasteiger partial charge < -0.3 is 15.2 Å². The maximum absolute atomic E-state index is 8.89. The van der Waals surface area contributed by atoms with Gasteiger partial charge in [0.2, 0.25) is 0 Å². The molecule has 19 heavy (non-hydrogen) atoms. The molecule has 0 saturated heterocycles. The van der Waals surface area contributed by atoms with Crippen molar-refractivity contribution in [2.75, 3.05) is 20.3 Å². The summed E-state index contributed by atoms with van der Waals surface area (Å²) >= 11 is 0. The molecule has 0 saturated carbocycles. The number of aliphatic hydroxyl groups is 1. The highest BCUT2D eigenvalue weighted by atomic mass is 16.5. The van der Waals surface area contributed by atoms with Crippen LogP contribution in [0.5, 0.6) is 5.75 Å². The predicted octanol–water partition coefficient (Wildman–Crippen LogP) is 2.21. The Hall–Kier alpha value is -1.57. The Kier molecular flexibility index (Phi) is 7.64. The molecule has 1 rings (SSSR count). The third kappa shape index (κ3) is 5.73. The molecule has 4 nitrogen and oxygen atoms in total. The van der Waals surface area contributed by atoms with Crippen molar-refractivity contribution in [1.29, 1.82) is 5.26 Å². The van der Waals surface area contributed by atoms with Crippen LogP contribution in [0.2, 0.25) is 0 Å². The van der Waals surface area contributed by atoms with E-state index in [0.717, 1.165) is 43.5 Å². The average molecular weight is 262 g/mol. The van der Waals surface area contributed by atoms with Crippen molar-refractivity contribution < 1.29 is 9.84 Å². The summed E-state index contributed by atoms with van der Waals surface area (Å²) in [5, 5.41) is 20.9. The summed E-state index contributed by atoms with van der Waals surface area (Å²) in [6.45, 7) is 1.93. The Morgan fingerprint density at radius 2 is 2.05 bits per heavy atom. The molecule has 0 aliphatic rings. The molecule has 0 aromatic heterocycles. The monoisotopic (exact) mass is 262 g/mol. The SMILES string of the molecule is COc1ccc(C#N)cc1CNCCCCCCO. The number of rotatable bonds is 9.